The number of anilines is 1. The third kappa shape index (κ3) is 4.78. The van der Waals surface area contributed by atoms with E-state index in [-0.39, 0.29) is 22.7 Å². The second kappa shape index (κ2) is 7.81. The van der Waals surface area contributed by atoms with E-state index in [0.29, 0.717) is 0 Å². The summed E-state index contributed by atoms with van der Waals surface area (Å²) in [6, 6.07) is 8.92. The lowest BCUT2D eigenvalue weighted by atomic mass is 10.0. The number of halogens is 1. The number of carbonyl (C=O) groups excluding carboxylic acids is 2. The van der Waals surface area contributed by atoms with Gasteiger partial charge in [-0.3, -0.25) is 14.9 Å². The van der Waals surface area contributed by atoms with E-state index in [1.807, 2.05) is 0 Å². The molecule has 0 aliphatic carbocycles. The maximum absolute atomic E-state index is 14.0. The van der Waals surface area contributed by atoms with Crippen molar-refractivity contribution in [2.24, 2.45) is 0 Å². The molecule has 0 radical (unpaired) electrons. The van der Waals surface area contributed by atoms with Gasteiger partial charge in [-0.25, -0.2) is 9.18 Å². The van der Waals surface area contributed by atoms with E-state index in [2.05, 4.69) is 10.6 Å². The Morgan fingerprint density at radius 1 is 1.15 bits per heavy atom. The van der Waals surface area contributed by atoms with Crippen molar-refractivity contribution in [2.45, 2.75) is 19.4 Å². The van der Waals surface area contributed by atoms with Crippen molar-refractivity contribution < 1.29 is 23.6 Å². The molecule has 8 nitrogen and oxygen atoms in total. The Kier molecular flexibility index (Phi) is 5.74. The number of nitro groups is 1. The van der Waals surface area contributed by atoms with Gasteiger partial charge in [0.15, 0.2) is 0 Å². The lowest BCUT2D eigenvalue weighted by molar-refractivity contribution is -0.384. The minimum absolute atomic E-state index is 0.116. The number of nitro benzene ring substituents is 1. The summed E-state index contributed by atoms with van der Waals surface area (Å²) < 4.78 is 19.3. The van der Waals surface area contributed by atoms with Crippen LogP contribution in [0.4, 0.5) is 15.8 Å². The highest BCUT2D eigenvalue weighted by Crippen LogP contribution is 2.22. The summed E-state index contributed by atoms with van der Waals surface area (Å²) in [6.45, 7) is 3.07. The monoisotopic (exact) mass is 375 g/mol. The molecule has 0 spiro atoms. The van der Waals surface area contributed by atoms with Crippen molar-refractivity contribution in [1.82, 2.24) is 5.32 Å². The number of rotatable bonds is 6. The van der Waals surface area contributed by atoms with Crippen LogP contribution in [0.25, 0.3) is 0 Å². The molecule has 2 N–H and O–H groups in total. The van der Waals surface area contributed by atoms with Gasteiger partial charge in [-0.1, -0.05) is 0 Å². The minimum atomic E-state index is -1.23. The fourth-order valence-corrected chi connectivity index (χ4v) is 2.19. The van der Waals surface area contributed by atoms with Gasteiger partial charge in [-0.2, -0.15) is 0 Å². The summed E-state index contributed by atoms with van der Waals surface area (Å²) in [5.41, 5.74) is -1.19. The molecule has 0 aliphatic rings. The van der Waals surface area contributed by atoms with E-state index in [1.54, 1.807) is 0 Å². The first-order valence-corrected chi connectivity index (χ1v) is 7.90. The minimum Gasteiger partial charge on any atom is -0.425 e. The van der Waals surface area contributed by atoms with Gasteiger partial charge in [0.2, 0.25) is 0 Å². The smallest absolute Gasteiger partial charge is 0.336 e. The molecule has 0 atom stereocenters. The number of ether oxygens (including phenoxy) is 1. The molecular formula is C18H18FN3O5. The summed E-state index contributed by atoms with van der Waals surface area (Å²) in [5.74, 6) is -1.83. The first-order valence-electron chi connectivity index (χ1n) is 7.90. The predicted octanol–water partition coefficient (Wildman–Crippen LogP) is 2.89. The summed E-state index contributed by atoms with van der Waals surface area (Å²) in [6.07, 6.45) is 0. The first kappa shape index (κ1) is 19.8. The zero-order chi connectivity index (χ0) is 20.2. The van der Waals surface area contributed by atoms with E-state index >= 15 is 0 Å². The van der Waals surface area contributed by atoms with Gasteiger partial charge in [-0.15, -0.1) is 0 Å². The highest BCUT2D eigenvalue weighted by Gasteiger charge is 2.30. The molecule has 9 heteroatoms. The Labute approximate surface area is 154 Å². The van der Waals surface area contributed by atoms with Crippen LogP contribution in [0, 0.1) is 15.9 Å². The van der Waals surface area contributed by atoms with Crippen LogP contribution >= 0.6 is 0 Å². The molecule has 0 unspecified atom stereocenters. The van der Waals surface area contributed by atoms with Gasteiger partial charge in [-0.05, 0) is 44.2 Å². The van der Waals surface area contributed by atoms with Crippen LogP contribution in [0.2, 0.25) is 0 Å². The fourth-order valence-electron chi connectivity index (χ4n) is 2.19. The molecule has 0 aliphatic heterocycles. The lowest BCUT2D eigenvalue weighted by Gasteiger charge is -2.25. The number of amides is 1. The Morgan fingerprint density at radius 2 is 1.78 bits per heavy atom. The third-order valence-corrected chi connectivity index (χ3v) is 3.67. The average Bonchev–Trinajstić information content (AvgIpc) is 2.61. The maximum atomic E-state index is 14.0. The largest absolute Gasteiger partial charge is 0.425 e. The molecule has 0 aromatic heterocycles. The lowest BCUT2D eigenvalue weighted by Crippen LogP contribution is -2.43. The van der Waals surface area contributed by atoms with Gasteiger partial charge >= 0.3 is 5.97 Å². The number of hydrogen-bond acceptors (Lipinski definition) is 6. The SMILES string of the molecule is CNC(=O)c1ccc(NC(C)(C)C(=O)Oc2ccc([N+](=O)[O-])cc2)cc1F. The maximum Gasteiger partial charge on any atom is 0.336 e. The second-order valence-electron chi connectivity index (χ2n) is 6.16. The van der Waals surface area contributed by atoms with Crippen molar-refractivity contribution in [3.63, 3.8) is 0 Å². The normalized spacial score (nSPS) is 10.8. The van der Waals surface area contributed by atoms with Crippen LogP contribution in [0.1, 0.15) is 24.2 Å². The van der Waals surface area contributed by atoms with E-state index < -0.39 is 28.2 Å². The quantitative estimate of drug-likeness (QED) is 0.348. The van der Waals surface area contributed by atoms with Gasteiger partial charge in [0.1, 0.15) is 17.1 Å². The molecule has 1 amide bonds. The van der Waals surface area contributed by atoms with Gasteiger partial charge in [0.25, 0.3) is 11.6 Å². The van der Waals surface area contributed by atoms with Gasteiger partial charge < -0.3 is 15.4 Å². The Balaban J connectivity index is 2.10. The molecular weight excluding hydrogens is 357 g/mol. The van der Waals surface area contributed by atoms with Crippen molar-refractivity contribution in [1.29, 1.82) is 0 Å². The van der Waals surface area contributed by atoms with Crippen LogP contribution in [0.5, 0.6) is 5.75 Å². The molecule has 0 saturated carbocycles. The molecule has 0 heterocycles. The van der Waals surface area contributed by atoms with E-state index in [9.17, 15) is 24.1 Å². The molecule has 2 aromatic rings. The molecule has 27 heavy (non-hydrogen) atoms. The van der Waals surface area contributed by atoms with E-state index in [0.717, 1.165) is 6.07 Å². The average molecular weight is 375 g/mol. The zero-order valence-corrected chi connectivity index (χ0v) is 14.9. The van der Waals surface area contributed by atoms with Crippen molar-refractivity contribution in [2.75, 3.05) is 12.4 Å². The predicted molar refractivity (Wildman–Crippen MR) is 96.2 cm³/mol. The number of benzene rings is 2. The van der Waals surface area contributed by atoms with Gasteiger partial charge in [0, 0.05) is 24.9 Å². The summed E-state index contributed by atoms with van der Waals surface area (Å²) in [4.78, 5) is 34.0. The van der Waals surface area contributed by atoms with E-state index in [4.69, 9.17) is 4.74 Å². The highest BCUT2D eigenvalue weighted by atomic mass is 19.1. The van der Waals surface area contributed by atoms with Crippen molar-refractivity contribution in [3.8, 4) is 5.75 Å². The topological polar surface area (TPSA) is 111 Å². The molecule has 0 fully saturated rings. The number of esters is 1. The number of nitrogens with one attached hydrogen (secondary N) is 2. The molecule has 0 bridgehead atoms. The summed E-state index contributed by atoms with van der Waals surface area (Å²) in [5, 5.41) is 15.8. The van der Waals surface area contributed by atoms with Crippen LogP contribution in [-0.2, 0) is 4.79 Å². The van der Waals surface area contributed by atoms with E-state index in [1.165, 1.54) is 57.3 Å². The first-order chi connectivity index (χ1) is 12.6. The Hall–Kier alpha value is -3.49. The van der Waals surface area contributed by atoms with Crippen LogP contribution < -0.4 is 15.4 Å². The zero-order valence-electron chi connectivity index (χ0n) is 14.9. The summed E-state index contributed by atoms with van der Waals surface area (Å²) >= 11 is 0. The van der Waals surface area contributed by atoms with Crippen LogP contribution in [-0.4, -0.2) is 29.4 Å². The third-order valence-electron chi connectivity index (χ3n) is 3.67. The molecule has 2 aromatic carbocycles. The molecule has 0 saturated heterocycles. The van der Waals surface area contributed by atoms with Crippen LogP contribution in [0.15, 0.2) is 42.5 Å². The number of hydrogen-bond donors (Lipinski definition) is 2. The highest BCUT2D eigenvalue weighted by molar-refractivity contribution is 5.94. The standard InChI is InChI=1S/C18H18FN3O5/c1-18(2,17(24)27-13-7-5-12(6-8-13)22(25)26)21-11-4-9-14(15(19)10-11)16(23)20-3/h4-10,21H,1-3H3,(H,20,23). The van der Waals surface area contributed by atoms with Crippen molar-refractivity contribution >= 4 is 23.3 Å². The van der Waals surface area contributed by atoms with Crippen molar-refractivity contribution in [3.05, 3.63) is 64.0 Å². The van der Waals surface area contributed by atoms with Gasteiger partial charge in [0.05, 0.1) is 10.5 Å². The van der Waals surface area contributed by atoms with Crippen LogP contribution in [0.3, 0.4) is 0 Å². The molecule has 2 rings (SSSR count). The Morgan fingerprint density at radius 3 is 2.30 bits per heavy atom. The number of carbonyl (C=O) groups is 2. The Bertz CT molecular complexity index is 881. The fraction of sp³-hybridized carbons (Fsp3) is 0.222. The second-order valence-corrected chi connectivity index (χ2v) is 6.16. The number of nitrogens with zero attached hydrogens (tertiary/aromatic N) is 1. The summed E-state index contributed by atoms with van der Waals surface area (Å²) in [7, 11) is 1.39. The number of non-ortho nitro benzene ring substituents is 1. The molecule has 142 valence electrons.